The van der Waals surface area contributed by atoms with Gasteiger partial charge in [0.2, 0.25) is 0 Å². The van der Waals surface area contributed by atoms with Gasteiger partial charge in [-0.15, -0.1) is 0 Å². The van der Waals surface area contributed by atoms with Crippen LogP contribution in [-0.4, -0.2) is 30.6 Å². The summed E-state index contributed by atoms with van der Waals surface area (Å²) in [6, 6.07) is 14.0. The summed E-state index contributed by atoms with van der Waals surface area (Å²) < 4.78 is 0. The molecule has 2 aromatic carbocycles. The molecule has 1 aliphatic heterocycles. The lowest BCUT2D eigenvalue weighted by Gasteiger charge is -2.32. The topological polar surface area (TPSA) is 58.4 Å². The van der Waals surface area contributed by atoms with Crippen LogP contribution in [0.3, 0.4) is 0 Å². The van der Waals surface area contributed by atoms with E-state index in [2.05, 4.69) is 17.4 Å². The van der Waals surface area contributed by atoms with Crippen LogP contribution in [0.1, 0.15) is 12.8 Å². The van der Waals surface area contributed by atoms with E-state index in [1.807, 2.05) is 35.2 Å². The zero-order chi connectivity index (χ0) is 14.7. The van der Waals surface area contributed by atoms with Crippen molar-refractivity contribution in [2.45, 2.75) is 12.8 Å². The molecule has 0 saturated carbocycles. The van der Waals surface area contributed by atoms with Crippen LogP contribution in [0.2, 0.25) is 0 Å². The first-order valence-electron chi connectivity index (χ1n) is 7.51. The Bertz CT molecular complexity index is 635. The standard InChI is InChI=1S/C17H21N3O/c18-11-13-5-4-10-20(12-13)17(21)19-16-9-3-7-14-6-1-2-8-15(14)16/h1-3,6-9,13H,4-5,10-12,18H2,(H,19,21). The van der Waals surface area contributed by atoms with E-state index in [0.717, 1.165) is 42.4 Å². The number of nitrogens with zero attached hydrogens (tertiary/aromatic N) is 1. The van der Waals surface area contributed by atoms with Crippen molar-refractivity contribution >= 4 is 22.5 Å². The first-order chi connectivity index (χ1) is 10.3. The Kier molecular flexibility index (Phi) is 4.06. The predicted octanol–water partition coefficient (Wildman–Crippen LogP) is 3.04. The molecule has 0 aromatic heterocycles. The largest absolute Gasteiger partial charge is 0.330 e. The van der Waals surface area contributed by atoms with E-state index < -0.39 is 0 Å². The Morgan fingerprint density at radius 1 is 1.24 bits per heavy atom. The Hall–Kier alpha value is -2.07. The third-order valence-corrected chi connectivity index (χ3v) is 4.17. The van der Waals surface area contributed by atoms with Crippen LogP contribution in [-0.2, 0) is 0 Å². The highest BCUT2D eigenvalue weighted by Gasteiger charge is 2.22. The van der Waals surface area contributed by atoms with E-state index >= 15 is 0 Å². The lowest BCUT2D eigenvalue weighted by molar-refractivity contribution is 0.179. The molecule has 3 N–H and O–H groups in total. The number of anilines is 1. The first-order valence-corrected chi connectivity index (χ1v) is 7.51. The fourth-order valence-electron chi connectivity index (χ4n) is 2.97. The highest BCUT2D eigenvalue weighted by molar-refractivity contribution is 6.01. The Balaban J connectivity index is 1.77. The molecule has 21 heavy (non-hydrogen) atoms. The van der Waals surface area contributed by atoms with Crippen molar-refractivity contribution in [2.24, 2.45) is 11.7 Å². The van der Waals surface area contributed by atoms with Crippen LogP contribution >= 0.6 is 0 Å². The summed E-state index contributed by atoms with van der Waals surface area (Å²) in [5, 5.41) is 5.25. The van der Waals surface area contributed by atoms with Crippen LogP contribution in [0.25, 0.3) is 10.8 Å². The van der Waals surface area contributed by atoms with Crippen molar-refractivity contribution in [2.75, 3.05) is 25.0 Å². The monoisotopic (exact) mass is 283 g/mol. The van der Waals surface area contributed by atoms with E-state index in [1.54, 1.807) is 0 Å². The summed E-state index contributed by atoms with van der Waals surface area (Å²) in [6.45, 7) is 2.22. The van der Waals surface area contributed by atoms with Gasteiger partial charge in [-0.05, 0) is 36.8 Å². The maximum absolute atomic E-state index is 12.4. The minimum atomic E-state index is -0.0236. The van der Waals surface area contributed by atoms with Crippen LogP contribution in [0.15, 0.2) is 42.5 Å². The van der Waals surface area contributed by atoms with E-state index in [9.17, 15) is 4.79 Å². The molecule has 4 nitrogen and oxygen atoms in total. The van der Waals surface area contributed by atoms with Crippen LogP contribution < -0.4 is 11.1 Å². The molecule has 4 heteroatoms. The number of amides is 2. The molecule has 2 aromatic rings. The number of carbonyl (C=O) groups excluding carboxylic acids is 1. The minimum absolute atomic E-state index is 0.0236. The minimum Gasteiger partial charge on any atom is -0.330 e. The third-order valence-electron chi connectivity index (χ3n) is 4.17. The number of hydrogen-bond donors (Lipinski definition) is 2. The molecule has 0 radical (unpaired) electrons. The van der Waals surface area contributed by atoms with Crippen molar-refractivity contribution in [1.29, 1.82) is 0 Å². The number of hydrogen-bond acceptors (Lipinski definition) is 2. The lowest BCUT2D eigenvalue weighted by Crippen LogP contribution is -2.44. The number of likely N-dealkylation sites (tertiary alicyclic amines) is 1. The van der Waals surface area contributed by atoms with E-state index in [-0.39, 0.29) is 6.03 Å². The van der Waals surface area contributed by atoms with E-state index in [4.69, 9.17) is 5.73 Å². The average Bonchev–Trinajstić information content (AvgIpc) is 2.55. The van der Waals surface area contributed by atoms with Gasteiger partial charge in [-0.25, -0.2) is 4.79 Å². The van der Waals surface area contributed by atoms with Crippen LogP contribution in [0.4, 0.5) is 10.5 Å². The number of urea groups is 1. The molecule has 2 amide bonds. The van der Waals surface area contributed by atoms with E-state index in [0.29, 0.717) is 12.5 Å². The second-order valence-corrected chi connectivity index (χ2v) is 5.65. The molecule has 0 aliphatic carbocycles. The third kappa shape index (κ3) is 3.00. The van der Waals surface area contributed by atoms with Crippen molar-refractivity contribution in [3.8, 4) is 0 Å². The van der Waals surface area contributed by atoms with E-state index in [1.165, 1.54) is 0 Å². The first kappa shape index (κ1) is 13.9. The molecular formula is C17H21N3O. The van der Waals surface area contributed by atoms with Gasteiger partial charge >= 0.3 is 6.03 Å². The Labute approximate surface area is 124 Å². The zero-order valence-corrected chi connectivity index (χ0v) is 12.1. The number of carbonyl (C=O) groups is 1. The number of piperidine rings is 1. The Morgan fingerprint density at radius 2 is 2.05 bits per heavy atom. The molecule has 1 heterocycles. The molecule has 0 bridgehead atoms. The summed E-state index contributed by atoms with van der Waals surface area (Å²) in [5.41, 5.74) is 6.60. The Morgan fingerprint density at radius 3 is 2.90 bits per heavy atom. The average molecular weight is 283 g/mol. The summed E-state index contributed by atoms with van der Waals surface area (Å²) in [4.78, 5) is 14.3. The molecule has 110 valence electrons. The molecule has 1 unspecified atom stereocenters. The van der Waals surface area contributed by atoms with Crippen molar-refractivity contribution < 1.29 is 4.79 Å². The van der Waals surface area contributed by atoms with Gasteiger partial charge in [-0.2, -0.15) is 0 Å². The molecule has 0 spiro atoms. The maximum Gasteiger partial charge on any atom is 0.321 e. The van der Waals surface area contributed by atoms with Gasteiger partial charge in [0.25, 0.3) is 0 Å². The van der Waals surface area contributed by atoms with Gasteiger partial charge in [0.1, 0.15) is 0 Å². The summed E-state index contributed by atoms with van der Waals surface area (Å²) >= 11 is 0. The van der Waals surface area contributed by atoms with Gasteiger partial charge in [0.05, 0.1) is 5.69 Å². The number of fused-ring (bicyclic) bond motifs is 1. The number of nitrogens with one attached hydrogen (secondary N) is 1. The van der Waals surface area contributed by atoms with Gasteiger partial charge in [0, 0.05) is 18.5 Å². The summed E-state index contributed by atoms with van der Waals surface area (Å²) in [5.74, 6) is 0.428. The van der Waals surface area contributed by atoms with Crippen molar-refractivity contribution in [3.63, 3.8) is 0 Å². The summed E-state index contributed by atoms with van der Waals surface area (Å²) in [7, 11) is 0. The highest BCUT2D eigenvalue weighted by Crippen LogP contribution is 2.24. The molecule has 3 rings (SSSR count). The number of benzene rings is 2. The maximum atomic E-state index is 12.4. The smallest absolute Gasteiger partial charge is 0.321 e. The summed E-state index contributed by atoms with van der Waals surface area (Å²) in [6.07, 6.45) is 2.15. The fraction of sp³-hybridized carbons (Fsp3) is 0.353. The van der Waals surface area contributed by atoms with Crippen LogP contribution in [0.5, 0.6) is 0 Å². The molecule has 1 fully saturated rings. The second-order valence-electron chi connectivity index (χ2n) is 5.65. The highest BCUT2D eigenvalue weighted by atomic mass is 16.2. The zero-order valence-electron chi connectivity index (χ0n) is 12.1. The SMILES string of the molecule is NCC1CCCN(C(=O)Nc2cccc3ccccc23)C1. The normalized spacial score (nSPS) is 18.7. The molecular weight excluding hydrogens is 262 g/mol. The second kappa shape index (κ2) is 6.14. The van der Waals surface area contributed by atoms with Gasteiger partial charge in [0.15, 0.2) is 0 Å². The van der Waals surface area contributed by atoms with Gasteiger partial charge in [-0.1, -0.05) is 36.4 Å². The van der Waals surface area contributed by atoms with Crippen molar-refractivity contribution in [1.82, 2.24) is 4.90 Å². The lowest BCUT2D eigenvalue weighted by atomic mass is 9.99. The van der Waals surface area contributed by atoms with Crippen LogP contribution in [0, 0.1) is 5.92 Å². The number of nitrogens with two attached hydrogens (primary N) is 1. The fourth-order valence-corrected chi connectivity index (χ4v) is 2.97. The predicted molar refractivity (Wildman–Crippen MR) is 86.3 cm³/mol. The molecule has 1 atom stereocenters. The molecule has 1 saturated heterocycles. The quantitative estimate of drug-likeness (QED) is 0.890. The molecule has 1 aliphatic rings. The number of rotatable bonds is 2. The van der Waals surface area contributed by atoms with Gasteiger partial charge in [-0.3, -0.25) is 0 Å². The van der Waals surface area contributed by atoms with Crippen molar-refractivity contribution in [3.05, 3.63) is 42.5 Å². The van der Waals surface area contributed by atoms with Gasteiger partial charge < -0.3 is 16.0 Å².